The summed E-state index contributed by atoms with van der Waals surface area (Å²) in [6.07, 6.45) is -0.890. The highest BCUT2D eigenvalue weighted by molar-refractivity contribution is 5.96. The number of rotatable bonds is 4. The van der Waals surface area contributed by atoms with Crippen LogP contribution in [0.25, 0.3) is 0 Å². The largest absolute Gasteiger partial charge is 0.481 e. The van der Waals surface area contributed by atoms with Crippen molar-refractivity contribution in [3.63, 3.8) is 0 Å². The summed E-state index contributed by atoms with van der Waals surface area (Å²) in [5.41, 5.74) is 5.76. The Morgan fingerprint density at radius 1 is 1.08 bits per heavy atom. The van der Waals surface area contributed by atoms with Gasteiger partial charge in [0, 0.05) is 6.07 Å². The summed E-state index contributed by atoms with van der Waals surface area (Å²) in [5.74, 6) is -2.78. The van der Waals surface area contributed by atoms with Crippen molar-refractivity contribution in [2.75, 3.05) is 0 Å². The molecule has 2 rings (SSSR count). The van der Waals surface area contributed by atoms with Crippen LogP contribution in [-0.2, 0) is 4.79 Å². The average Bonchev–Trinajstić information content (AvgIpc) is 2.56. The summed E-state index contributed by atoms with van der Waals surface area (Å²) in [6.45, 7) is 5.31. The van der Waals surface area contributed by atoms with Crippen molar-refractivity contribution in [3.05, 3.63) is 64.7 Å². The third kappa shape index (κ3) is 4.53. The Labute approximate surface area is 144 Å². The second-order valence-corrected chi connectivity index (χ2v) is 5.53. The molecule has 0 aliphatic rings. The second kappa shape index (κ2) is 7.74. The van der Waals surface area contributed by atoms with E-state index in [1.54, 1.807) is 12.1 Å². The summed E-state index contributed by atoms with van der Waals surface area (Å²) >= 11 is 0. The summed E-state index contributed by atoms with van der Waals surface area (Å²) in [5, 5.41) is 0. The highest BCUT2D eigenvalue weighted by atomic mass is 19.1. The number of nitrogens with one attached hydrogen (secondary N) is 2. The first kappa shape index (κ1) is 18.4. The van der Waals surface area contributed by atoms with Gasteiger partial charge >= 0.3 is 0 Å². The zero-order chi connectivity index (χ0) is 18.6. The van der Waals surface area contributed by atoms with E-state index in [9.17, 15) is 18.4 Å². The lowest BCUT2D eigenvalue weighted by Gasteiger charge is -2.17. The van der Waals surface area contributed by atoms with E-state index in [4.69, 9.17) is 4.74 Å². The third-order valence-electron chi connectivity index (χ3n) is 3.70. The monoisotopic (exact) mass is 348 g/mol. The molecule has 2 aromatic rings. The Bertz CT molecular complexity index is 809. The molecule has 2 amide bonds. The van der Waals surface area contributed by atoms with Crippen LogP contribution in [0.2, 0.25) is 0 Å². The van der Waals surface area contributed by atoms with E-state index in [0.29, 0.717) is 11.8 Å². The third-order valence-corrected chi connectivity index (χ3v) is 3.70. The topological polar surface area (TPSA) is 67.4 Å². The molecule has 0 unspecified atom stereocenters. The van der Waals surface area contributed by atoms with Gasteiger partial charge in [-0.2, -0.15) is 0 Å². The van der Waals surface area contributed by atoms with Gasteiger partial charge in [0.2, 0.25) is 0 Å². The molecule has 25 heavy (non-hydrogen) atoms. The molecule has 0 aliphatic carbocycles. The molecule has 0 saturated heterocycles. The first-order chi connectivity index (χ1) is 11.8. The van der Waals surface area contributed by atoms with Crippen molar-refractivity contribution in [1.82, 2.24) is 10.9 Å². The maximum atomic E-state index is 13.5. The fourth-order valence-corrected chi connectivity index (χ4v) is 2.06. The first-order valence-corrected chi connectivity index (χ1v) is 7.57. The quantitative estimate of drug-likeness (QED) is 0.835. The normalized spacial score (nSPS) is 11.6. The van der Waals surface area contributed by atoms with Gasteiger partial charge in [-0.25, -0.2) is 8.78 Å². The van der Waals surface area contributed by atoms with Crippen molar-refractivity contribution in [2.24, 2.45) is 0 Å². The van der Waals surface area contributed by atoms with Crippen LogP contribution in [-0.4, -0.2) is 17.9 Å². The number of carbonyl (C=O) groups excluding carboxylic acids is 2. The Morgan fingerprint density at radius 2 is 1.80 bits per heavy atom. The highest BCUT2D eigenvalue weighted by Gasteiger charge is 2.18. The average molecular weight is 348 g/mol. The van der Waals surface area contributed by atoms with Crippen molar-refractivity contribution >= 4 is 11.8 Å². The molecule has 0 spiro atoms. The van der Waals surface area contributed by atoms with Crippen LogP contribution < -0.4 is 15.6 Å². The van der Waals surface area contributed by atoms with E-state index in [2.05, 4.69) is 10.9 Å². The van der Waals surface area contributed by atoms with Crippen LogP contribution in [0, 0.1) is 25.5 Å². The summed E-state index contributed by atoms with van der Waals surface area (Å²) < 4.78 is 31.9. The smallest absolute Gasteiger partial charge is 0.279 e. The van der Waals surface area contributed by atoms with Crippen LogP contribution in [0.1, 0.15) is 28.4 Å². The molecule has 5 nitrogen and oxygen atoms in total. The number of hydrazine groups is 1. The minimum absolute atomic E-state index is 0.384. The number of ether oxygens (including phenoxy) is 1. The lowest BCUT2D eigenvalue weighted by Crippen LogP contribution is -2.47. The van der Waals surface area contributed by atoms with E-state index in [0.717, 1.165) is 23.3 Å². The number of halogens is 2. The van der Waals surface area contributed by atoms with Gasteiger partial charge in [-0.05, 0) is 50.1 Å². The fourth-order valence-electron chi connectivity index (χ4n) is 2.06. The zero-order valence-electron chi connectivity index (χ0n) is 14.0. The van der Waals surface area contributed by atoms with Crippen LogP contribution in [0.15, 0.2) is 36.4 Å². The van der Waals surface area contributed by atoms with E-state index in [1.165, 1.54) is 6.92 Å². The first-order valence-electron chi connectivity index (χ1n) is 7.57. The van der Waals surface area contributed by atoms with Gasteiger partial charge in [0.15, 0.2) is 6.10 Å². The van der Waals surface area contributed by atoms with Gasteiger partial charge in [-0.3, -0.25) is 20.4 Å². The molecule has 0 heterocycles. The van der Waals surface area contributed by atoms with Gasteiger partial charge in [-0.15, -0.1) is 0 Å². The number of amides is 2. The van der Waals surface area contributed by atoms with Crippen molar-refractivity contribution in [3.8, 4) is 5.75 Å². The van der Waals surface area contributed by atoms with Crippen molar-refractivity contribution < 1.29 is 23.1 Å². The van der Waals surface area contributed by atoms with Gasteiger partial charge in [0.05, 0.1) is 5.56 Å². The number of aryl methyl sites for hydroxylation is 1. The molecule has 0 bridgehead atoms. The van der Waals surface area contributed by atoms with Crippen LogP contribution in [0.5, 0.6) is 5.75 Å². The lowest BCUT2D eigenvalue weighted by atomic mass is 10.1. The van der Waals surface area contributed by atoms with E-state index in [1.807, 2.05) is 19.9 Å². The highest BCUT2D eigenvalue weighted by Crippen LogP contribution is 2.21. The van der Waals surface area contributed by atoms with Crippen LogP contribution in [0.4, 0.5) is 8.78 Å². The molecular weight excluding hydrogens is 330 g/mol. The maximum Gasteiger partial charge on any atom is 0.279 e. The summed E-state index contributed by atoms with van der Waals surface area (Å²) in [6, 6.07) is 7.99. The lowest BCUT2D eigenvalue weighted by molar-refractivity contribution is -0.128. The van der Waals surface area contributed by atoms with Crippen LogP contribution in [0.3, 0.4) is 0 Å². The Morgan fingerprint density at radius 3 is 2.48 bits per heavy atom. The molecule has 132 valence electrons. The standard InChI is InChI=1S/C18H18F2N2O3/c1-10-5-4-6-16(11(10)2)25-12(3)17(23)21-22-18(24)14-8-7-13(19)9-15(14)20/h4-9,12H,1-3H3,(H,21,23)(H,22,24)/t12-/m1/s1. The van der Waals surface area contributed by atoms with Crippen molar-refractivity contribution in [1.29, 1.82) is 0 Å². The molecule has 7 heteroatoms. The molecule has 0 aliphatic heterocycles. The molecule has 0 radical (unpaired) electrons. The second-order valence-electron chi connectivity index (χ2n) is 5.53. The number of carbonyl (C=O) groups is 2. The molecule has 0 saturated carbocycles. The zero-order valence-corrected chi connectivity index (χ0v) is 14.0. The summed E-state index contributed by atoms with van der Waals surface area (Å²) in [4.78, 5) is 23.8. The Kier molecular flexibility index (Phi) is 5.69. The molecule has 0 fully saturated rings. The van der Waals surface area contributed by atoms with Gasteiger partial charge in [0.25, 0.3) is 11.8 Å². The van der Waals surface area contributed by atoms with Crippen LogP contribution >= 0.6 is 0 Å². The molecule has 2 N–H and O–H groups in total. The van der Waals surface area contributed by atoms with E-state index >= 15 is 0 Å². The van der Waals surface area contributed by atoms with Gasteiger partial charge in [-0.1, -0.05) is 12.1 Å². The molecule has 1 atom stereocenters. The Balaban J connectivity index is 1.95. The maximum absolute atomic E-state index is 13.5. The minimum atomic E-state index is -1.02. The Hall–Kier alpha value is -2.96. The predicted molar refractivity (Wildman–Crippen MR) is 88.0 cm³/mol. The molecule has 0 aromatic heterocycles. The fraction of sp³-hybridized carbons (Fsp3) is 0.222. The minimum Gasteiger partial charge on any atom is -0.481 e. The predicted octanol–water partition coefficient (Wildman–Crippen LogP) is 2.81. The van der Waals surface area contributed by atoms with Crippen molar-refractivity contribution in [2.45, 2.75) is 26.9 Å². The number of hydrogen-bond acceptors (Lipinski definition) is 3. The SMILES string of the molecule is Cc1cccc(O[C@H](C)C(=O)NNC(=O)c2ccc(F)cc2F)c1C. The molecule has 2 aromatic carbocycles. The molecular formula is C18H18F2N2O3. The summed E-state index contributed by atoms with van der Waals surface area (Å²) in [7, 11) is 0. The number of benzene rings is 2. The van der Waals surface area contributed by atoms with Gasteiger partial charge < -0.3 is 4.74 Å². The number of hydrogen-bond donors (Lipinski definition) is 2. The van der Waals surface area contributed by atoms with E-state index < -0.39 is 29.6 Å². The van der Waals surface area contributed by atoms with Gasteiger partial charge in [0.1, 0.15) is 17.4 Å². The van der Waals surface area contributed by atoms with E-state index in [-0.39, 0.29) is 5.56 Å².